The molecule has 1 fully saturated rings. The van der Waals surface area contributed by atoms with Crippen molar-refractivity contribution in [3.8, 4) is 0 Å². The first-order valence-electron chi connectivity index (χ1n) is 11.3. The van der Waals surface area contributed by atoms with E-state index in [4.69, 9.17) is 4.98 Å². The van der Waals surface area contributed by atoms with Crippen molar-refractivity contribution in [2.24, 2.45) is 0 Å². The van der Waals surface area contributed by atoms with E-state index in [9.17, 15) is 5.11 Å². The lowest BCUT2D eigenvalue weighted by atomic mass is 9.90. The molecule has 162 valence electrons. The molecule has 31 heavy (non-hydrogen) atoms. The Hall–Kier alpha value is -2.53. The van der Waals surface area contributed by atoms with E-state index in [1.807, 2.05) is 13.0 Å². The minimum atomic E-state index is 0.219. The van der Waals surface area contributed by atoms with Crippen LogP contribution >= 0.6 is 0 Å². The second-order valence-corrected chi connectivity index (χ2v) is 8.54. The molecule has 4 heteroatoms. The Balaban J connectivity index is 1.48. The van der Waals surface area contributed by atoms with Gasteiger partial charge in [0.25, 0.3) is 0 Å². The van der Waals surface area contributed by atoms with Crippen LogP contribution in [0.25, 0.3) is 0 Å². The summed E-state index contributed by atoms with van der Waals surface area (Å²) >= 11 is 0. The first-order chi connectivity index (χ1) is 15.2. The van der Waals surface area contributed by atoms with Crippen LogP contribution in [0.2, 0.25) is 0 Å². The van der Waals surface area contributed by atoms with Crippen LogP contribution < -0.4 is 0 Å². The summed E-state index contributed by atoms with van der Waals surface area (Å²) in [5.41, 5.74) is 4.89. The van der Waals surface area contributed by atoms with Gasteiger partial charge in [-0.2, -0.15) is 0 Å². The van der Waals surface area contributed by atoms with Crippen molar-refractivity contribution in [3.63, 3.8) is 0 Å². The second kappa shape index (κ2) is 10.7. The summed E-state index contributed by atoms with van der Waals surface area (Å²) in [5.74, 6) is 0.349. The highest BCUT2D eigenvalue weighted by Gasteiger charge is 2.29. The van der Waals surface area contributed by atoms with Crippen molar-refractivity contribution in [1.82, 2.24) is 14.8 Å². The number of nitrogens with zero attached hydrogens (tertiary/aromatic N) is 3. The lowest BCUT2D eigenvalue weighted by Gasteiger charge is -2.42. The van der Waals surface area contributed by atoms with Gasteiger partial charge in [-0.25, -0.2) is 0 Å². The molecular weight excluding hydrogens is 382 g/mol. The number of pyridine rings is 1. The molecule has 1 aliphatic rings. The normalized spacial score (nSPS) is 17.8. The van der Waals surface area contributed by atoms with Crippen LogP contribution in [0.4, 0.5) is 0 Å². The van der Waals surface area contributed by atoms with E-state index in [-0.39, 0.29) is 6.61 Å². The molecular formula is C27H33N3O. The summed E-state index contributed by atoms with van der Waals surface area (Å²) < 4.78 is 0. The Morgan fingerprint density at radius 2 is 1.58 bits per heavy atom. The highest BCUT2D eigenvalue weighted by Crippen LogP contribution is 2.27. The van der Waals surface area contributed by atoms with Crippen molar-refractivity contribution in [1.29, 1.82) is 0 Å². The Bertz CT molecular complexity index is 892. The molecule has 0 bridgehead atoms. The molecule has 1 aliphatic heterocycles. The highest BCUT2D eigenvalue weighted by molar-refractivity contribution is 5.32. The Labute approximate surface area is 186 Å². The molecule has 2 heterocycles. The fraction of sp³-hybridized carbons (Fsp3) is 0.370. The standard InChI is InChI=1S/C27H33N3O/c1-22-9-8-14-25(28-22)19-30-17-16-29(20-26(30)15-18-31)21-27(23-10-4-2-5-11-23)24-12-6-3-7-13-24/h2-14,26-27,31H,15-21H2,1H3. The zero-order valence-corrected chi connectivity index (χ0v) is 18.4. The molecule has 0 saturated carbocycles. The molecule has 2 aromatic carbocycles. The molecule has 4 rings (SSSR count). The summed E-state index contributed by atoms with van der Waals surface area (Å²) in [6.07, 6.45) is 0.795. The molecule has 1 N–H and O–H groups in total. The number of aliphatic hydroxyl groups excluding tert-OH is 1. The van der Waals surface area contributed by atoms with E-state index in [2.05, 4.69) is 82.6 Å². The van der Waals surface area contributed by atoms with Gasteiger partial charge in [0.05, 0.1) is 5.69 Å². The highest BCUT2D eigenvalue weighted by atomic mass is 16.3. The van der Waals surface area contributed by atoms with Gasteiger partial charge in [-0.15, -0.1) is 0 Å². The maximum atomic E-state index is 9.71. The summed E-state index contributed by atoms with van der Waals surface area (Å²) in [5, 5.41) is 9.71. The van der Waals surface area contributed by atoms with Gasteiger partial charge in [0.2, 0.25) is 0 Å². The van der Waals surface area contributed by atoms with E-state index in [1.165, 1.54) is 11.1 Å². The van der Waals surface area contributed by atoms with Crippen LogP contribution in [0, 0.1) is 6.92 Å². The van der Waals surface area contributed by atoms with Crippen molar-refractivity contribution in [2.45, 2.75) is 31.8 Å². The minimum Gasteiger partial charge on any atom is -0.396 e. The monoisotopic (exact) mass is 415 g/mol. The number of aliphatic hydroxyl groups is 1. The van der Waals surface area contributed by atoms with Gasteiger partial charge in [0, 0.05) is 57.0 Å². The number of aromatic nitrogens is 1. The van der Waals surface area contributed by atoms with Crippen LogP contribution in [0.1, 0.15) is 34.9 Å². The van der Waals surface area contributed by atoms with Gasteiger partial charge < -0.3 is 5.11 Å². The Morgan fingerprint density at radius 1 is 0.903 bits per heavy atom. The number of benzene rings is 2. The van der Waals surface area contributed by atoms with Crippen LogP contribution in [0.15, 0.2) is 78.9 Å². The molecule has 0 amide bonds. The molecule has 0 spiro atoms. The molecule has 3 aromatic rings. The van der Waals surface area contributed by atoms with Crippen LogP contribution in [-0.2, 0) is 6.54 Å². The predicted octanol–water partition coefficient (Wildman–Crippen LogP) is 4.09. The first-order valence-corrected chi connectivity index (χ1v) is 11.3. The van der Waals surface area contributed by atoms with Gasteiger partial charge in [-0.05, 0) is 36.6 Å². The third-order valence-electron chi connectivity index (χ3n) is 6.31. The van der Waals surface area contributed by atoms with Gasteiger partial charge in [-0.1, -0.05) is 66.7 Å². The number of hydrogen-bond acceptors (Lipinski definition) is 4. The summed E-state index contributed by atoms with van der Waals surface area (Å²) in [4.78, 5) is 9.76. The zero-order valence-electron chi connectivity index (χ0n) is 18.4. The van der Waals surface area contributed by atoms with Crippen molar-refractivity contribution in [3.05, 3.63) is 101 Å². The lowest BCUT2D eigenvalue weighted by molar-refractivity contribution is 0.0514. The van der Waals surface area contributed by atoms with Crippen molar-refractivity contribution in [2.75, 3.05) is 32.8 Å². The number of aryl methyl sites for hydroxylation is 1. The van der Waals surface area contributed by atoms with Gasteiger partial charge >= 0.3 is 0 Å². The Morgan fingerprint density at radius 3 is 2.19 bits per heavy atom. The quantitative estimate of drug-likeness (QED) is 0.602. The van der Waals surface area contributed by atoms with Crippen molar-refractivity contribution >= 4 is 0 Å². The number of hydrogen-bond donors (Lipinski definition) is 1. The third-order valence-corrected chi connectivity index (χ3v) is 6.31. The van der Waals surface area contributed by atoms with E-state index in [0.717, 1.165) is 50.5 Å². The maximum absolute atomic E-state index is 9.71. The van der Waals surface area contributed by atoms with E-state index >= 15 is 0 Å². The predicted molar refractivity (Wildman–Crippen MR) is 126 cm³/mol. The molecule has 1 saturated heterocycles. The molecule has 4 nitrogen and oxygen atoms in total. The van der Waals surface area contributed by atoms with Crippen molar-refractivity contribution < 1.29 is 5.11 Å². The smallest absolute Gasteiger partial charge is 0.0547 e. The topological polar surface area (TPSA) is 39.6 Å². The number of rotatable bonds is 8. The summed E-state index contributed by atoms with van der Waals surface area (Å²) in [7, 11) is 0. The van der Waals surface area contributed by atoms with Gasteiger partial charge in [0.15, 0.2) is 0 Å². The lowest BCUT2D eigenvalue weighted by Crippen LogP contribution is -2.53. The second-order valence-electron chi connectivity index (χ2n) is 8.54. The fourth-order valence-corrected chi connectivity index (χ4v) is 4.68. The van der Waals surface area contributed by atoms with Gasteiger partial charge in [0.1, 0.15) is 0 Å². The molecule has 1 aromatic heterocycles. The Kier molecular flexibility index (Phi) is 7.47. The van der Waals surface area contributed by atoms with E-state index < -0.39 is 0 Å². The average molecular weight is 416 g/mol. The molecule has 1 unspecified atom stereocenters. The summed E-state index contributed by atoms with van der Waals surface area (Å²) in [6, 6.07) is 28.2. The minimum absolute atomic E-state index is 0.219. The molecule has 0 radical (unpaired) electrons. The van der Waals surface area contributed by atoms with Crippen LogP contribution in [-0.4, -0.2) is 58.7 Å². The largest absolute Gasteiger partial charge is 0.396 e. The first kappa shape index (κ1) is 21.7. The molecule has 1 atom stereocenters. The fourth-order valence-electron chi connectivity index (χ4n) is 4.68. The average Bonchev–Trinajstić information content (AvgIpc) is 2.80. The number of piperazine rings is 1. The van der Waals surface area contributed by atoms with E-state index in [0.29, 0.717) is 12.0 Å². The third kappa shape index (κ3) is 5.79. The van der Waals surface area contributed by atoms with E-state index in [1.54, 1.807) is 0 Å². The van der Waals surface area contributed by atoms with Gasteiger partial charge in [-0.3, -0.25) is 14.8 Å². The van der Waals surface area contributed by atoms with Crippen LogP contribution in [0.3, 0.4) is 0 Å². The SMILES string of the molecule is Cc1cccc(CN2CCN(CC(c3ccccc3)c3ccccc3)CC2CCO)n1. The zero-order chi connectivity index (χ0) is 21.5. The maximum Gasteiger partial charge on any atom is 0.0547 e. The van der Waals surface area contributed by atoms with Crippen LogP contribution in [0.5, 0.6) is 0 Å². The molecule has 0 aliphatic carbocycles. The summed E-state index contributed by atoms with van der Waals surface area (Å²) in [6.45, 7) is 7.10.